The SMILES string of the molecule is CCOc1cc(/C=N\NC(N)=O)ccc1OCc1cc(C)ccc1C. The molecule has 2 aromatic carbocycles. The second kappa shape index (κ2) is 8.73. The number of rotatable bonds is 7. The summed E-state index contributed by atoms with van der Waals surface area (Å²) >= 11 is 0. The van der Waals surface area contributed by atoms with Gasteiger partial charge in [-0.25, -0.2) is 10.2 Å². The Morgan fingerprint density at radius 2 is 1.96 bits per heavy atom. The molecule has 0 aliphatic heterocycles. The maximum atomic E-state index is 10.6. The summed E-state index contributed by atoms with van der Waals surface area (Å²) < 4.78 is 11.6. The van der Waals surface area contributed by atoms with Crippen molar-refractivity contribution >= 4 is 12.2 Å². The Bertz CT molecular complexity index is 773. The molecule has 25 heavy (non-hydrogen) atoms. The minimum atomic E-state index is -0.713. The molecule has 2 amide bonds. The lowest BCUT2D eigenvalue weighted by atomic mass is 10.1. The van der Waals surface area contributed by atoms with E-state index in [1.165, 1.54) is 17.3 Å². The summed E-state index contributed by atoms with van der Waals surface area (Å²) in [4.78, 5) is 10.6. The molecule has 0 saturated heterocycles. The Balaban J connectivity index is 2.15. The van der Waals surface area contributed by atoms with Crippen LogP contribution < -0.4 is 20.6 Å². The van der Waals surface area contributed by atoms with Gasteiger partial charge in [-0.05, 0) is 55.7 Å². The number of nitrogens with two attached hydrogens (primary N) is 1. The number of hydrogen-bond acceptors (Lipinski definition) is 4. The Labute approximate surface area is 147 Å². The molecule has 0 heterocycles. The lowest BCUT2D eigenvalue weighted by Crippen LogP contribution is -2.24. The van der Waals surface area contributed by atoms with Crippen LogP contribution >= 0.6 is 0 Å². The first-order valence-corrected chi connectivity index (χ1v) is 8.04. The van der Waals surface area contributed by atoms with E-state index in [1.54, 1.807) is 6.07 Å². The van der Waals surface area contributed by atoms with Crippen molar-refractivity contribution < 1.29 is 14.3 Å². The number of carbonyl (C=O) groups excluding carboxylic acids is 1. The van der Waals surface area contributed by atoms with Crippen LogP contribution in [0.25, 0.3) is 0 Å². The minimum absolute atomic E-state index is 0.463. The number of primary amides is 1. The lowest BCUT2D eigenvalue weighted by Gasteiger charge is -2.14. The molecule has 0 radical (unpaired) electrons. The number of nitrogens with zero attached hydrogens (tertiary/aromatic N) is 1. The maximum Gasteiger partial charge on any atom is 0.332 e. The van der Waals surface area contributed by atoms with Gasteiger partial charge in [-0.15, -0.1) is 0 Å². The first kappa shape index (κ1) is 18.3. The van der Waals surface area contributed by atoms with E-state index in [2.05, 4.69) is 42.6 Å². The number of aryl methyl sites for hydroxylation is 2. The van der Waals surface area contributed by atoms with E-state index in [9.17, 15) is 4.79 Å². The van der Waals surface area contributed by atoms with Crippen molar-refractivity contribution in [2.75, 3.05) is 6.61 Å². The zero-order valence-corrected chi connectivity index (χ0v) is 14.7. The van der Waals surface area contributed by atoms with Gasteiger partial charge >= 0.3 is 6.03 Å². The Kier molecular flexibility index (Phi) is 6.39. The van der Waals surface area contributed by atoms with Gasteiger partial charge in [0, 0.05) is 0 Å². The molecule has 0 atom stereocenters. The fourth-order valence-corrected chi connectivity index (χ4v) is 2.27. The highest BCUT2D eigenvalue weighted by Crippen LogP contribution is 2.29. The molecule has 0 spiro atoms. The summed E-state index contributed by atoms with van der Waals surface area (Å²) in [5, 5.41) is 3.74. The van der Waals surface area contributed by atoms with Crippen molar-refractivity contribution in [1.82, 2.24) is 5.43 Å². The maximum absolute atomic E-state index is 10.6. The molecule has 0 aliphatic rings. The zero-order chi connectivity index (χ0) is 18.2. The predicted octanol–water partition coefficient (Wildman–Crippen LogP) is 3.28. The second-order valence-electron chi connectivity index (χ2n) is 5.59. The first-order chi connectivity index (χ1) is 12.0. The largest absolute Gasteiger partial charge is 0.490 e. The fraction of sp³-hybridized carbons (Fsp3) is 0.263. The van der Waals surface area contributed by atoms with E-state index in [0.29, 0.717) is 24.7 Å². The Morgan fingerprint density at radius 1 is 1.16 bits per heavy atom. The topological polar surface area (TPSA) is 85.9 Å². The van der Waals surface area contributed by atoms with Crippen molar-refractivity contribution in [2.45, 2.75) is 27.4 Å². The van der Waals surface area contributed by atoms with Crippen molar-refractivity contribution in [1.29, 1.82) is 0 Å². The molecule has 0 unspecified atom stereocenters. The molecule has 3 N–H and O–H groups in total. The number of carbonyl (C=O) groups is 1. The lowest BCUT2D eigenvalue weighted by molar-refractivity contribution is 0.249. The van der Waals surface area contributed by atoms with E-state index in [0.717, 1.165) is 11.1 Å². The molecule has 0 aromatic heterocycles. The van der Waals surface area contributed by atoms with Crippen LogP contribution in [0.5, 0.6) is 11.5 Å². The molecule has 2 rings (SSSR count). The van der Waals surface area contributed by atoms with Crippen LogP contribution in [0.3, 0.4) is 0 Å². The third-order valence-electron chi connectivity index (χ3n) is 3.54. The minimum Gasteiger partial charge on any atom is -0.490 e. The average Bonchev–Trinajstić information content (AvgIpc) is 2.57. The van der Waals surface area contributed by atoms with Gasteiger partial charge < -0.3 is 15.2 Å². The van der Waals surface area contributed by atoms with Gasteiger partial charge in [-0.3, -0.25) is 0 Å². The van der Waals surface area contributed by atoms with E-state index in [1.807, 2.05) is 19.1 Å². The quantitative estimate of drug-likeness (QED) is 0.598. The Hall–Kier alpha value is -3.02. The molecular weight excluding hydrogens is 318 g/mol. The summed E-state index contributed by atoms with van der Waals surface area (Å²) in [6, 6.07) is 11.0. The van der Waals surface area contributed by atoms with E-state index in [4.69, 9.17) is 15.2 Å². The molecule has 0 bridgehead atoms. The van der Waals surface area contributed by atoms with Crippen LogP contribution in [-0.2, 0) is 6.61 Å². The first-order valence-electron chi connectivity index (χ1n) is 8.04. The number of benzene rings is 2. The van der Waals surface area contributed by atoms with Crippen LogP contribution in [0.2, 0.25) is 0 Å². The Morgan fingerprint density at radius 3 is 2.68 bits per heavy atom. The standard InChI is InChI=1S/C19H23N3O3/c1-4-24-18-10-15(11-21-22-19(20)23)7-8-17(18)25-12-16-9-13(2)5-6-14(16)3/h5-11H,4,12H2,1-3H3,(H3,20,22,23)/b21-11-. The highest BCUT2D eigenvalue weighted by molar-refractivity contribution is 5.82. The summed E-state index contributed by atoms with van der Waals surface area (Å²) in [6.07, 6.45) is 1.49. The highest BCUT2D eigenvalue weighted by Gasteiger charge is 2.08. The van der Waals surface area contributed by atoms with Gasteiger partial charge in [0.05, 0.1) is 12.8 Å². The normalized spacial score (nSPS) is 10.7. The molecule has 0 saturated carbocycles. The zero-order valence-electron chi connectivity index (χ0n) is 14.7. The number of hydrazone groups is 1. The van der Waals surface area contributed by atoms with Crippen molar-refractivity contribution in [3.63, 3.8) is 0 Å². The molecule has 2 aromatic rings. The van der Waals surface area contributed by atoms with Crippen LogP contribution in [0.15, 0.2) is 41.5 Å². The van der Waals surface area contributed by atoms with Crippen LogP contribution in [0, 0.1) is 13.8 Å². The van der Waals surface area contributed by atoms with Gasteiger partial charge in [0.1, 0.15) is 6.61 Å². The molecule has 0 aliphatic carbocycles. The molecular formula is C19H23N3O3. The van der Waals surface area contributed by atoms with Crippen molar-refractivity contribution in [3.05, 3.63) is 58.7 Å². The van der Waals surface area contributed by atoms with Gasteiger partial charge in [-0.2, -0.15) is 5.10 Å². The van der Waals surface area contributed by atoms with Crippen molar-refractivity contribution in [3.8, 4) is 11.5 Å². The number of urea groups is 1. The molecule has 6 nitrogen and oxygen atoms in total. The summed E-state index contributed by atoms with van der Waals surface area (Å²) in [6.45, 7) is 7.00. The van der Waals surface area contributed by atoms with E-state index >= 15 is 0 Å². The molecule has 6 heteroatoms. The van der Waals surface area contributed by atoms with Crippen LogP contribution in [-0.4, -0.2) is 18.9 Å². The smallest absolute Gasteiger partial charge is 0.332 e. The third-order valence-corrected chi connectivity index (χ3v) is 3.54. The molecule has 0 fully saturated rings. The van der Waals surface area contributed by atoms with Gasteiger partial charge in [0.15, 0.2) is 11.5 Å². The van der Waals surface area contributed by atoms with Gasteiger partial charge in [0.25, 0.3) is 0 Å². The third kappa shape index (κ3) is 5.53. The fourth-order valence-electron chi connectivity index (χ4n) is 2.27. The number of ether oxygens (including phenoxy) is 2. The summed E-state index contributed by atoms with van der Waals surface area (Å²) in [5.41, 5.74) is 11.4. The monoisotopic (exact) mass is 341 g/mol. The van der Waals surface area contributed by atoms with Gasteiger partial charge in [0.2, 0.25) is 0 Å². The average molecular weight is 341 g/mol. The summed E-state index contributed by atoms with van der Waals surface area (Å²) in [5.74, 6) is 1.28. The van der Waals surface area contributed by atoms with E-state index < -0.39 is 6.03 Å². The van der Waals surface area contributed by atoms with Crippen molar-refractivity contribution in [2.24, 2.45) is 10.8 Å². The highest BCUT2D eigenvalue weighted by atomic mass is 16.5. The second-order valence-corrected chi connectivity index (χ2v) is 5.59. The number of amides is 2. The summed E-state index contributed by atoms with van der Waals surface area (Å²) in [7, 11) is 0. The van der Waals surface area contributed by atoms with Crippen LogP contribution in [0.4, 0.5) is 4.79 Å². The number of hydrogen-bond donors (Lipinski definition) is 2. The van der Waals surface area contributed by atoms with E-state index in [-0.39, 0.29) is 0 Å². The van der Waals surface area contributed by atoms with Gasteiger partial charge in [-0.1, -0.05) is 23.8 Å². The molecule has 132 valence electrons. The predicted molar refractivity (Wildman–Crippen MR) is 98.2 cm³/mol. The van der Waals surface area contributed by atoms with Crippen LogP contribution in [0.1, 0.15) is 29.2 Å². The number of nitrogens with one attached hydrogen (secondary N) is 1.